The van der Waals surface area contributed by atoms with Crippen molar-refractivity contribution in [3.8, 4) is 5.75 Å². The van der Waals surface area contributed by atoms with E-state index in [9.17, 15) is 8.42 Å². The van der Waals surface area contributed by atoms with Crippen molar-refractivity contribution in [1.29, 1.82) is 0 Å². The molecule has 1 aromatic heterocycles. The van der Waals surface area contributed by atoms with Crippen molar-refractivity contribution in [2.75, 3.05) is 37.6 Å². The first-order chi connectivity index (χ1) is 13.5. The molecule has 1 atom stereocenters. The van der Waals surface area contributed by atoms with Crippen LogP contribution in [0.5, 0.6) is 5.75 Å². The average molecular weight is 423 g/mol. The van der Waals surface area contributed by atoms with Crippen LogP contribution in [-0.4, -0.2) is 55.6 Å². The Bertz CT molecular complexity index is 950. The highest BCUT2D eigenvalue weighted by molar-refractivity contribution is 7.93. The molecule has 8 nitrogen and oxygen atoms in total. The first-order valence-electron chi connectivity index (χ1n) is 9.43. The number of nitrogens with zero attached hydrogens (tertiary/aromatic N) is 3. The van der Waals surface area contributed by atoms with Gasteiger partial charge < -0.3 is 9.47 Å². The van der Waals surface area contributed by atoms with Gasteiger partial charge in [0, 0.05) is 41.0 Å². The molecule has 0 bridgehead atoms. The van der Waals surface area contributed by atoms with Gasteiger partial charge in [-0.3, -0.25) is 9.62 Å². The number of piperidine rings is 1. The fraction of sp³-hybridized carbons (Fsp3) is 0.556. The highest BCUT2D eigenvalue weighted by Crippen LogP contribution is 2.43. The molecule has 1 N–H and O–H groups in total. The second-order valence-electron chi connectivity index (χ2n) is 7.73. The quantitative estimate of drug-likeness (QED) is 0.808. The van der Waals surface area contributed by atoms with Crippen LogP contribution in [0.25, 0.3) is 0 Å². The number of sulfonamides is 1. The Morgan fingerprint density at radius 3 is 2.75 bits per heavy atom. The number of nitrogens with one attached hydrogen (secondary N) is 1. The van der Waals surface area contributed by atoms with Gasteiger partial charge in [0.2, 0.25) is 5.13 Å². The van der Waals surface area contributed by atoms with Gasteiger partial charge in [0.05, 0.1) is 24.7 Å². The molecule has 4 heterocycles. The second-order valence-corrected chi connectivity index (χ2v) is 10.2. The van der Waals surface area contributed by atoms with Gasteiger partial charge in [0.15, 0.2) is 0 Å². The molecule has 1 aromatic carbocycles. The topological polar surface area (TPSA) is 93.7 Å². The van der Waals surface area contributed by atoms with Crippen LogP contribution in [0.2, 0.25) is 0 Å². The van der Waals surface area contributed by atoms with Crippen molar-refractivity contribution in [1.82, 2.24) is 14.3 Å². The van der Waals surface area contributed by atoms with Crippen molar-refractivity contribution in [3.05, 3.63) is 30.1 Å². The van der Waals surface area contributed by atoms with Crippen LogP contribution in [0.1, 0.15) is 30.9 Å². The third kappa shape index (κ3) is 3.28. The molecule has 3 aliphatic rings. The second kappa shape index (κ2) is 6.94. The van der Waals surface area contributed by atoms with Crippen molar-refractivity contribution in [3.63, 3.8) is 0 Å². The zero-order chi connectivity index (χ0) is 19.2. The number of fused-ring (bicyclic) bond motifs is 1. The number of hydrogen-bond acceptors (Lipinski definition) is 8. The molecular formula is C18H22N4O4S2. The molecule has 0 radical (unpaired) electrons. The standard InChI is InChI=1S/C18H22N4O4S2/c23-28(24,21-17-19-12-20-27-17)13-1-2-14-15(3-8-26-16(14)9-13)22-6-4-18(5-7-22)10-25-11-18/h1-2,9,12,15H,3-8,10-11H2,(H,19,20,21). The van der Waals surface area contributed by atoms with Gasteiger partial charge in [-0.05, 0) is 32.0 Å². The van der Waals surface area contributed by atoms with Crippen molar-refractivity contribution < 1.29 is 17.9 Å². The lowest BCUT2D eigenvalue weighted by Gasteiger charge is -2.49. The third-order valence-electron chi connectivity index (χ3n) is 6.00. The fourth-order valence-corrected chi connectivity index (χ4v) is 5.96. The summed E-state index contributed by atoms with van der Waals surface area (Å²) in [5.74, 6) is 0.656. The van der Waals surface area contributed by atoms with E-state index in [1.807, 2.05) is 6.07 Å². The van der Waals surface area contributed by atoms with Gasteiger partial charge >= 0.3 is 0 Å². The summed E-state index contributed by atoms with van der Waals surface area (Å²) in [6, 6.07) is 5.44. The number of benzene rings is 1. The molecule has 3 aliphatic heterocycles. The maximum Gasteiger partial charge on any atom is 0.263 e. The molecular weight excluding hydrogens is 400 g/mol. The van der Waals surface area contributed by atoms with Crippen LogP contribution in [0.15, 0.2) is 29.4 Å². The van der Waals surface area contributed by atoms with E-state index < -0.39 is 10.0 Å². The predicted octanol–water partition coefficient (Wildman–Crippen LogP) is 2.27. The van der Waals surface area contributed by atoms with Crippen molar-refractivity contribution in [2.45, 2.75) is 30.2 Å². The molecule has 0 amide bonds. The lowest BCUT2D eigenvalue weighted by molar-refractivity contribution is -0.143. The molecule has 2 aromatic rings. The molecule has 5 rings (SSSR count). The maximum atomic E-state index is 12.6. The summed E-state index contributed by atoms with van der Waals surface area (Å²) in [5, 5.41) is 0.249. The Morgan fingerprint density at radius 2 is 2.07 bits per heavy atom. The predicted molar refractivity (Wildman–Crippen MR) is 104 cm³/mol. The molecule has 28 heavy (non-hydrogen) atoms. The highest BCUT2D eigenvalue weighted by atomic mass is 32.2. The summed E-state index contributed by atoms with van der Waals surface area (Å²) >= 11 is 1.00. The number of hydrogen-bond donors (Lipinski definition) is 1. The largest absolute Gasteiger partial charge is 0.493 e. The first-order valence-corrected chi connectivity index (χ1v) is 11.7. The summed E-state index contributed by atoms with van der Waals surface area (Å²) in [5.41, 5.74) is 1.47. The third-order valence-corrected chi connectivity index (χ3v) is 8.05. The van der Waals surface area contributed by atoms with E-state index in [2.05, 4.69) is 19.0 Å². The van der Waals surface area contributed by atoms with E-state index in [-0.39, 0.29) is 16.1 Å². The molecule has 10 heteroatoms. The lowest BCUT2D eigenvalue weighted by atomic mass is 9.76. The first kappa shape index (κ1) is 18.3. The molecule has 2 fully saturated rings. The van der Waals surface area contributed by atoms with E-state index in [1.165, 1.54) is 6.33 Å². The van der Waals surface area contributed by atoms with E-state index in [4.69, 9.17) is 9.47 Å². The van der Waals surface area contributed by atoms with Crippen LogP contribution in [0.4, 0.5) is 5.13 Å². The minimum atomic E-state index is -3.72. The van der Waals surface area contributed by atoms with E-state index >= 15 is 0 Å². The molecule has 2 saturated heterocycles. The Hall–Kier alpha value is -1.75. The van der Waals surface area contributed by atoms with E-state index in [1.54, 1.807) is 12.1 Å². The van der Waals surface area contributed by atoms with Crippen LogP contribution >= 0.6 is 11.5 Å². The SMILES string of the molecule is O=S(=O)(Nc1ncns1)c1ccc2c(c1)OCCC2N1CCC2(CC1)COC2. The minimum Gasteiger partial charge on any atom is -0.493 e. The lowest BCUT2D eigenvalue weighted by Crippen LogP contribution is -2.51. The number of rotatable bonds is 4. The number of anilines is 1. The molecule has 1 unspecified atom stereocenters. The molecule has 1 spiro atoms. The summed E-state index contributed by atoms with van der Waals surface area (Å²) in [6.07, 6.45) is 4.57. The van der Waals surface area contributed by atoms with E-state index in [0.29, 0.717) is 17.8 Å². The number of likely N-dealkylation sites (tertiary alicyclic amines) is 1. The summed E-state index contributed by atoms with van der Waals surface area (Å²) < 4.78 is 42.8. The van der Waals surface area contributed by atoms with Gasteiger partial charge in [-0.15, -0.1) is 0 Å². The number of aromatic nitrogens is 2. The highest BCUT2D eigenvalue weighted by Gasteiger charge is 2.43. The van der Waals surface area contributed by atoms with Crippen LogP contribution in [0.3, 0.4) is 0 Å². The molecule has 0 saturated carbocycles. The fourth-order valence-electron chi connectivity index (χ4n) is 4.28. The molecule has 0 aliphatic carbocycles. The Balaban J connectivity index is 1.36. The maximum absolute atomic E-state index is 12.6. The Labute approximate surface area is 168 Å². The summed E-state index contributed by atoms with van der Waals surface area (Å²) in [4.78, 5) is 6.57. The van der Waals surface area contributed by atoms with Gasteiger partial charge in [0.1, 0.15) is 12.1 Å². The smallest absolute Gasteiger partial charge is 0.263 e. The van der Waals surface area contributed by atoms with Gasteiger partial charge in [-0.2, -0.15) is 4.37 Å². The van der Waals surface area contributed by atoms with Crippen molar-refractivity contribution >= 4 is 26.7 Å². The monoisotopic (exact) mass is 422 g/mol. The normalized spacial score (nSPS) is 24.2. The number of ether oxygens (including phenoxy) is 2. The molecule has 150 valence electrons. The van der Waals surface area contributed by atoms with Gasteiger partial charge in [-0.25, -0.2) is 13.4 Å². The van der Waals surface area contributed by atoms with E-state index in [0.717, 1.165) is 62.7 Å². The van der Waals surface area contributed by atoms with Gasteiger partial charge in [-0.1, -0.05) is 6.07 Å². The minimum absolute atomic E-state index is 0.173. The van der Waals surface area contributed by atoms with Crippen molar-refractivity contribution in [2.24, 2.45) is 5.41 Å². The van der Waals surface area contributed by atoms with Crippen LogP contribution < -0.4 is 9.46 Å². The Kier molecular flexibility index (Phi) is 4.53. The summed E-state index contributed by atoms with van der Waals surface area (Å²) in [7, 11) is -3.72. The van der Waals surface area contributed by atoms with Crippen LogP contribution in [0, 0.1) is 5.41 Å². The van der Waals surface area contributed by atoms with Crippen LogP contribution in [-0.2, 0) is 14.8 Å². The zero-order valence-corrected chi connectivity index (χ0v) is 17.0. The average Bonchev–Trinajstić information content (AvgIpc) is 3.18. The summed E-state index contributed by atoms with van der Waals surface area (Å²) in [6.45, 7) is 4.48. The zero-order valence-electron chi connectivity index (χ0n) is 15.3. The van der Waals surface area contributed by atoms with Gasteiger partial charge in [0.25, 0.3) is 10.0 Å². The Morgan fingerprint density at radius 1 is 1.25 bits per heavy atom.